The van der Waals surface area contributed by atoms with Gasteiger partial charge < -0.3 is 0 Å². The van der Waals surface area contributed by atoms with Crippen LogP contribution < -0.4 is 0 Å². The van der Waals surface area contributed by atoms with Gasteiger partial charge in [0.05, 0.1) is 11.2 Å². The van der Waals surface area contributed by atoms with Gasteiger partial charge in [-0.05, 0) is 12.3 Å². The molecule has 0 bridgehead atoms. The molecule has 3 aromatic rings. The van der Waals surface area contributed by atoms with Crippen molar-refractivity contribution < 1.29 is 0 Å². The SMILES string of the molecule is CSc1nc(-c2ccccc2)c2ccccc2n1. The first-order chi connectivity index (χ1) is 8.88. The fourth-order valence-electron chi connectivity index (χ4n) is 1.96. The zero-order valence-electron chi connectivity index (χ0n) is 10.00. The van der Waals surface area contributed by atoms with E-state index in [4.69, 9.17) is 0 Å². The second-order valence-corrected chi connectivity index (χ2v) is 4.72. The molecule has 1 heterocycles. The lowest BCUT2D eigenvalue weighted by Crippen LogP contribution is -1.92. The molecule has 0 atom stereocenters. The van der Waals surface area contributed by atoms with Gasteiger partial charge in [0.25, 0.3) is 0 Å². The lowest BCUT2D eigenvalue weighted by Gasteiger charge is -2.07. The molecule has 1 aromatic heterocycles. The van der Waals surface area contributed by atoms with Crippen molar-refractivity contribution in [3.63, 3.8) is 0 Å². The Morgan fingerprint density at radius 1 is 0.833 bits per heavy atom. The quantitative estimate of drug-likeness (QED) is 0.509. The van der Waals surface area contributed by atoms with Gasteiger partial charge in [0, 0.05) is 10.9 Å². The number of rotatable bonds is 2. The summed E-state index contributed by atoms with van der Waals surface area (Å²) < 4.78 is 0. The largest absolute Gasteiger partial charge is 0.222 e. The molecule has 0 aliphatic rings. The van der Waals surface area contributed by atoms with Gasteiger partial charge in [-0.1, -0.05) is 60.3 Å². The van der Waals surface area contributed by atoms with E-state index in [2.05, 4.69) is 28.2 Å². The molecule has 0 aliphatic heterocycles. The van der Waals surface area contributed by atoms with E-state index in [1.54, 1.807) is 11.8 Å². The van der Waals surface area contributed by atoms with E-state index in [1.807, 2.05) is 42.7 Å². The number of benzene rings is 2. The van der Waals surface area contributed by atoms with Crippen molar-refractivity contribution in [1.82, 2.24) is 9.97 Å². The van der Waals surface area contributed by atoms with Crippen molar-refractivity contribution in [2.24, 2.45) is 0 Å². The Kier molecular flexibility index (Phi) is 2.99. The summed E-state index contributed by atoms with van der Waals surface area (Å²) in [5.74, 6) is 0. The van der Waals surface area contributed by atoms with Crippen LogP contribution in [-0.4, -0.2) is 16.2 Å². The number of hydrogen-bond donors (Lipinski definition) is 0. The van der Waals surface area contributed by atoms with E-state index >= 15 is 0 Å². The van der Waals surface area contributed by atoms with Crippen LogP contribution in [0.15, 0.2) is 59.8 Å². The Bertz CT molecular complexity index is 680. The first kappa shape index (κ1) is 11.2. The monoisotopic (exact) mass is 252 g/mol. The molecule has 0 fully saturated rings. The van der Waals surface area contributed by atoms with Gasteiger partial charge in [0.2, 0.25) is 0 Å². The Morgan fingerprint density at radius 3 is 2.33 bits per heavy atom. The lowest BCUT2D eigenvalue weighted by molar-refractivity contribution is 1.01. The van der Waals surface area contributed by atoms with Crippen LogP contribution in [0.2, 0.25) is 0 Å². The first-order valence-electron chi connectivity index (χ1n) is 5.74. The summed E-state index contributed by atoms with van der Waals surface area (Å²) >= 11 is 1.57. The third-order valence-corrected chi connectivity index (χ3v) is 3.36. The minimum atomic E-state index is 0.813. The topological polar surface area (TPSA) is 25.8 Å². The van der Waals surface area contributed by atoms with Crippen molar-refractivity contribution in [3.05, 3.63) is 54.6 Å². The second-order valence-electron chi connectivity index (χ2n) is 3.94. The fraction of sp³-hybridized carbons (Fsp3) is 0.0667. The highest BCUT2D eigenvalue weighted by Gasteiger charge is 2.08. The lowest BCUT2D eigenvalue weighted by atomic mass is 10.1. The maximum absolute atomic E-state index is 4.64. The fourth-order valence-corrected chi connectivity index (χ4v) is 2.33. The average Bonchev–Trinajstić information content (AvgIpc) is 2.47. The summed E-state index contributed by atoms with van der Waals surface area (Å²) in [6.07, 6.45) is 2.00. The molecule has 0 saturated heterocycles. The molecular formula is C15H12N2S. The van der Waals surface area contributed by atoms with Gasteiger partial charge in [-0.3, -0.25) is 0 Å². The molecule has 3 heteroatoms. The molecule has 88 valence electrons. The zero-order chi connectivity index (χ0) is 12.4. The van der Waals surface area contributed by atoms with E-state index in [0.29, 0.717) is 0 Å². The van der Waals surface area contributed by atoms with Crippen molar-refractivity contribution in [3.8, 4) is 11.3 Å². The van der Waals surface area contributed by atoms with Crippen LogP contribution in [0.5, 0.6) is 0 Å². The van der Waals surface area contributed by atoms with Crippen LogP contribution in [0, 0.1) is 0 Å². The van der Waals surface area contributed by atoms with Gasteiger partial charge in [-0.25, -0.2) is 9.97 Å². The molecule has 2 nitrogen and oxygen atoms in total. The number of nitrogens with zero attached hydrogens (tertiary/aromatic N) is 2. The van der Waals surface area contributed by atoms with Crippen LogP contribution in [0.4, 0.5) is 0 Å². The molecule has 0 saturated carbocycles. The average molecular weight is 252 g/mol. The number of para-hydroxylation sites is 1. The number of fused-ring (bicyclic) bond motifs is 1. The zero-order valence-corrected chi connectivity index (χ0v) is 10.8. The van der Waals surface area contributed by atoms with Gasteiger partial charge in [-0.15, -0.1) is 0 Å². The van der Waals surface area contributed by atoms with Crippen LogP contribution in [0.25, 0.3) is 22.2 Å². The predicted octanol–water partition coefficient (Wildman–Crippen LogP) is 4.02. The smallest absolute Gasteiger partial charge is 0.188 e. The third-order valence-electron chi connectivity index (χ3n) is 2.81. The van der Waals surface area contributed by atoms with Gasteiger partial charge in [0.1, 0.15) is 0 Å². The van der Waals surface area contributed by atoms with Crippen LogP contribution >= 0.6 is 11.8 Å². The summed E-state index contributed by atoms with van der Waals surface area (Å²) in [5.41, 5.74) is 3.13. The highest BCUT2D eigenvalue weighted by molar-refractivity contribution is 7.98. The van der Waals surface area contributed by atoms with E-state index in [9.17, 15) is 0 Å². The molecular weight excluding hydrogens is 240 g/mol. The van der Waals surface area contributed by atoms with Gasteiger partial charge in [-0.2, -0.15) is 0 Å². The van der Waals surface area contributed by atoms with Crippen molar-refractivity contribution in [2.45, 2.75) is 5.16 Å². The Hall–Kier alpha value is -1.87. The Morgan fingerprint density at radius 2 is 1.56 bits per heavy atom. The molecule has 0 radical (unpaired) electrons. The molecule has 2 aromatic carbocycles. The van der Waals surface area contributed by atoms with Crippen LogP contribution in [0.1, 0.15) is 0 Å². The summed E-state index contributed by atoms with van der Waals surface area (Å²) in [6, 6.07) is 18.4. The summed E-state index contributed by atoms with van der Waals surface area (Å²) in [6.45, 7) is 0. The van der Waals surface area contributed by atoms with Gasteiger partial charge in [0.15, 0.2) is 5.16 Å². The molecule has 3 rings (SSSR count). The second kappa shape index (κ2) is 4.78. The summed E-state index contributed by atoms with van der Waals surface area (Å²) in [7, 11) is 0. The van der Waals surface area contributed by atoms with E-state index < -0.39 is 0 Å². The van der Waals surface area contributed by atoms with Gasteiger partial charge >= 0.3 is 0 Å². The highest BCUT2D eigenvalue weighted by atomic mass is 32.2. The highest BCUT2D eigenvalue weighted by Crippen LogP contribution is 2.27. The predicted molar refractivity (Wildman–Crippen MR) is 76.8 cm³/mol. The van der Waals surface area contributed by atoms with E-state index in [0.717, 1.165) is 27.3 Å². The molecule has 0 spiro atoms. The first-order valence-corrected chi connectivity index (χ1v) is 6.97. The normalized spacial score (nSPS) is 10.7. The maximum Gasteiger partial charge on any atom is 0.188 e. The summed E-state index contributed by atoms with van der Waals surface area (Å²) in [5, 5.41) is 1.91. The molecule has 0 aliphatic carbocycles. The van der Waals surface area contributed by atoms with Crippen LogP contribution in [0.3, 0.4) is 0 Å². The third kappa shape index (κ3) is 1.97. The van der Waals surface area contributed by atoms with Crippen molar-refractivity contribution in [2.75, 3.05) is 6.26 Å². The van der Waals surface area contributed by atoms with E-state index in [-0.39, 0.29) is 0 Å². The minimum absolute atomic E-state index is 0.813. The van der Waals surface area contributed by atoms with E-state index in [1.165, 1.54) is 0 Å². The van der Waals surface area contributed by atoms with Crippen molar-refractivity contribution in [1.29, 1.82) is 0 Å². The maximum atomic E-state index is 4.64. The summed E-state index contributed by atoms with van der Waals surface area (Å²) in [4.78, 5) is 9.17. The van der Waals surface area contributed by atoms with Crippen LogP contribution in [-0.2, 0) is 0 Å². The number of aromatic nitrogens is 2. The Balaban J connectivity index is 2.33. The number of thioether (sulfide) groups is 1. The number of hydrogen-bond acceptors (Lipinski definition) is 3. The molecule has 0 unspecified atom stereocenters. The minimum Gasteiger partial charge on any atom is -0.222 e. The Labute approximate surface area is 110 Å². The molecule has 0 N–H and O–H groups in total. The standard InChI is InChI=1S/C15H12N2S/c1-18-15-16-13-10-6-5-9-12(13)14(17-15)11-7-3-2-4-8-11/h2-10H,1H3. The molecule has 0 amide bonds. The van der Waals surface area contributed by atoms with Crippen molar-refractivity contribution >= 4 is 22.7 Å². The molecule has 18 heavy (non-hydrogen) atoms.